The molecule has 0 unspecified atom stereocenters. The summed E-state index contributed by atoms with van der Waals surface area (Å²) in [6.07, 6.45) is 2.27. The first kappa shape index (κ1) is 19.0. The van der Waals surface area contributed by atoms with Gasteiger partial charge in [-0.25, -0.2) is 8.42 Å². The Balaban J connectivity index is 1.58. The van der Waals surface area contributed by atoms with Crippen LogP contribution in [0, 0.1) is 5.92 Å². The first-order valence-electron chi connectivity index (χ1n) is 9.38. The topological polar surface area (TPSA) is 72.9 Å². The van der Waals surface area contributed by atoms with E-state index in [2.05, 4.69) is 0 Å². The van der Waals surface area contributed by atoms with Gasteiger partial charge in [0.1, 0.15) is 11.4 Å². The van der Waals surface area contributed by atoms with Crippen molar-refractivity contribution >= 4 is 27.3 Å². The van der Waals surface area contributed by atoms with Gasteiger partial charge in [0.2, 0.25) is 5.91 Å². The number of sulfone groups is 1. The van der Waals surface area contributed by atoms with Crippen molar-refractivity contribution in [3.05, 3.63) is 28.8 Å². The summed E-state index contributed by atoms with van der Waals surface area (Å²) in [6, 6.07) is 5.51. The molecule has 1 amide bonds. The van der Waals surface area contributed by atoms with E-state index in [4.69, 9.17) is 21.1 Å². The second-order valence-corrected chi connectivity index (χ2v) is 10.5. The molecule has 0 radical (unpaired) electrons. The molecule has 4 rings (SSSR count). The fourth-order valence-corrected chi connectivity index (χ4v) is 6.29. The number of halogens is 1. The molecule has 3 aliphatic heterocycles. The highest BCUT2D eigenvalue weighted by atomic mass is 35.5. The van der Waals surface area contributed by atoms with Gasteiger partial charge in [0, 0.05) is 36.4 Å². The van der Waals surface area contributed by atoms with Gasteiger partial charge in [-0.15, -0.1) is 0 Å². The molecule has 6 nitrogen and oxygen atoms in total. The average Bonchev–Trinajstić information content (AvgIpc) is 2.87. The van der Waals surface area contributed by atoms with Gasteiger partial charge in [0.05, 0.1) is 31.3 Å². The van der Waals surface area contributed by atoms with Crippen LogP contribution < -0.4 is 4.74 Å². The molecule has 1 aromatic carbocycles. The summed E-state index contributed by atoms with van der Waals surface area (Å²) in [6.45, 7) is 2.12. The summed E-state index contributed by atoms with van der Waals surface area (Å²) in [5.41, 5.74) is 0.424. The van der Waals surface area contributed by atoms with E-state index in [0.717, 1.165) is 24.2 Å². The molecule has 0 N–H and O–H groups in total. The van der Waals surface area contributed by atoms with Crippen molar-refractivity contribution < 1.29 is 22.7 Å². The van der Waals surface area contributed by atoms with Gasteiger partial charge in [-0.3, -0.25) is 4.79 Å². The lowest BCUT2D eigenvalue weighted by atomic mass is 9.93. The van der Waals surface area contributed by atoms with Crippen LogP contribution in [0.4, 0.5) is 0 Å². The Kier molecular flexibility index (Phi) is 5.12. The second kappa shape index (κ2) is 7.26. The minimum absolute atomic E-state index is 0.0145. The summed E-state index contributed by atoms with van der Waals surface area (Å²) >= 11 is 6.16. The molecule has 2 saturated heterocycles. The number of hydrogen-bond acceptors (Lipinski definition) is 5. The van der Waals surface area contributed by atoms with E-state index in [1.807, 2.05) is 17.0 Å². The Bertz CT molecular complexity index is 835. The van der Waals surface area contributed by atoms with Crippen molar-refractivity contribution in [2.75, 3.05) is 31.3 Å². The van der Waals surface area contributed by atoms with Crippen LogP contribution in [-0.4, -0.2) is 56.1 Å². The zero-order chi connectivity index (χ0) is 19.1. The lowest BCUT2D eigenvalue weighted by Gasteiger charge is -2.39. The predicted octanol–water partition coefficient (Wildman–Crippen LogP) is 2.44. The van der Waals surface area contributed by atoms with Gasteiger partial charge in [-0.2, -0.15) is 0 Å². The molecule has 1 spiro atoms. The third-order valence-electron chi connectivity index (χ3n) is 5.74. The quantitative estimate of drug-likeness (QED) is 0.744. The molecule has 1 aromatic rings. The zero-order valence-electron chi connectivity index (χ0n) is 15.2. The van der Waals surface area contributed by atoms with E-state index < -0.39 is 15.4 Å². The first-order chi connectivity index (χ1) is 12.8. The molecule has 2 fully saturated rings. The largest absolute Gasteiger partial charge is 0.485 e. The average molecular weight is 414 g/mol. The number of nitrogens with zero attached hydrogens (tertiary/aromatic N) is 1. The monoisotopic (exact) mass is 413 g/mol. The number of benzene rings is 1. The standard InChI is InChI=1S/C19H24ClNO5S/c20-16-1-2-17-15(10-16)11-21(13-19(26-17)4-6-25-7-5-19)18(22)9-14-3-8-27(23,24)12-14/h1-2,10,14H,3-9,11-13H2/t14-/m0/s1. The van der Waals surface area contributed by atoms with E-state index in [-0.39, 0.29) is 29.8 Å². The highest BCUT2D eigenvalue weighted by Crippen LogP contribution is 2.37. The molecule has 8 heteroatoms. The fraction of sp³-hybridized carbons (Fsp3) is 0.632. The van der Waals surface area contributed by atoms with Crippen LogP contribution in [0.15, 0.2) is 18.2 Å². The number of hydrogen-bond donors (Lipinski definition) is 0. The van der Waals surface area contributed by atoms with E-state index in [9.17, 15) is 13.2 Å². The van der Waals surface area contributed by atoms with Gasteiger partial charge in [-0.1, -0.05) is 11.6 Å². The van der Waals surface area contributed by atoms with Gasteiger partial charge in [0.15, 0.2) is 9.84 Å². The molecule has 3 heterocycles. The van der Waals surface area contributed by atoms with Crippen molar-refractivity contribution in [3.8, 4) is 5.75 Å². The number of fused-ring (bicyclic) bond motifs is 1. The molecule has 148 valence electrons. The maximum atomic E-state index is 13.0. The van der Waals surface area contributed by atoms with Gasteiger partial charge in [-0.05, 0) is 30.5 Å². The molecular formula is C19H24ClNO5S. The van der Waals surface area contributed by atoms with Gasteiger partial charge in [0.25, 0.3) is 0 Å². The Morgan fingerprint density at radius 3 is 2.78 bits per heavy atom. The maximum Gasteiger partial charge on any atom is 0.223 e. The highest BCUT2D eigenvalue weighted by Gasteiger charge is 2.41. The third kappa shape index (κ3) is 4.25. The first-order valence-corrected chi connectivity index (χ1v) is 11.6. The molecule has 0 bridgehead atoms. The Morgan fingerprint density at radius 2 is 2.07 bits per heavy atom. The van der Waals surface area contributed by atoms with Gasteiger partial charge < -0.3 is 14.4 Å². The van der Waals surface area contributed by atoms with Gasteiger partial charge >= 0.3 is 0 Å². The van der Waals surface area contributed by atoms with Crippen LogP contribution >= 0.6 is 11.6 Å². The second-order valence-electron chi connectivity index (χ2n) is 7.87. The Morgan fingerprint density at radius 1 is 1.30 bits per heavy atom. The van der Waals surface area contributed by atoms with Crippen molar-refractivity contribution in [1.29, 1.82) is 0 Å². The van der Waals surface area contributed by atoms with Crippen LogP contribution in [0.3, 0.4) is 0 Å². The van der Waals surface area contributed by atoms with E-state index in [0.29, 0.717) is 37.7 Å². The van der Waals surface area contributed by atoms with E-state index in [1.165, 1.54) is 0 Å². The zero-order valence-corrected chi connectivity index (χ0v) is 16.7. The summed E-state index contributed by atoms with van der Waals surface area (Å²) < 4.78 is 35.3. The molecule has 3 aliphatic rings. The summed E-state index contributed by atoms with van der Waals surface area (Å²) in [7, 11) is -2.99. The van der Waals surface area contributed by atoms with Crippen molar-refractivity contribution in [2.45, 2.75) is 37.8 Å². The summed E-state index contributed by atoms with van der Waals surface area (Å²) in [5.74, 6) is 0.966. The SMILES string of the molecule is O=C(C[C@@H]1CCS(=O)(=O)C1)N1Cc2cc(Cl)ccc2OC2(CCOCC2)C1. The predicted molar refractivity (Wildman–Crippen MR) is 102 cm³/mol. The Labute approximate surface area is 164 Å². The number of rotatable bonds is 2. The number of amides is 1. The van der Waals surface area contributed by atoms with Crippen molar-refractivity contribution in [3.63, 3.8) is 0 Å². The Hall–Kier alpha value is -1.31. The van der Waals surface area contributed by atoms with Crippen LogP contribution in [0.25, 0.3) is 0 Å². The minimum Gasteiger partial charge on any atom is -0.485 e. The minimum atomic E-state index is -2.99. The van der Waals surface area contributed by atoms with Crippen molar-refractivity contribution in [2.24, 2.45) is 5.92 Å². The normalized spacial score (nSPS) is 26.3. The molecule has 0 saturated carbocycles. The van der Waals surface area contributed by atoms with Crippen LogP contribution in [0.1, 0.15) is 31.2 Å². The lowest BCUT2D eigenvalue weighted by Crippen LogP contribution is -2.51. The molecule has 0 aromatic heterocycles. The van der Waals surface area contributed by atoms with Crippen LogP contribution in [-0.2, 0) is 25.9 Å². The fourth-order valence-electron chi connectivity index (χ4n) is 4.24. The van der Waals surface area contributed by atoms with Crippen LogP contribution in [0.2, 0.25) is 5.02 Å². The molecule has 1 atom stereocenters. The van der Waals surface area contributed by atoms with E-state index in [1.54, 1.807) is 6.07 Å². The lowest BCUT2D eigenvalue weighted by molar-refractivity contribution is -0.137. The number of carbonyl (C=O) groups is 1. The molecule has 27 heavy (non-hydrogen) atoms. The number of ether oxygens (including phenoxy) is 2. The van der Waals surface area contributed by atoms with Crippen LogP contribution in [0.5, 0.6) is 5.75 Å². The third-order valence-corrected chi connectivity index (χ3v) is 7.81. The smallest absolute Gasteiger partial charge is 0.223 e. The maximum absolute atomic E-state index is 13.0. The summed E-state index contributed by atoms with van der Waals surface area (Å²) in [5, 5.41) is 0.606. The molecular weight excluding hydrogens is 390 g/mol. The van der Waals surface area contributed by atoms with Crippen molar-refractivity contribution in [1.82, 2.24) is 4.90 Å². The van der Waals surface area contributed by atoms with E-state index >= 15 is 0 Å². The molecule has 0 aliphatic carbocycles. The highest BCUT2D eigenvalue weighted by molar-refractivity contribution is 7.91. The summed E-state index contributed by atoms with van der Waals surface area (Å²) in [4.78, 5) is 14.9. The number of carbonyl (C=O) groups excluding carboxylic acids is 1.